The Morgan fingerprint density at radius 3 is 2.50 bits per heavy atom. The molecule has 0 radical (unpaired) electrons. The van der Waals surface area contributed by atoms with Gasteiger partial charge in [0.15, 0.2) is 11.5 Å². The van der Waals surface area contributed by atoms with E-state index in [1.165, 1.54) is 14.2 Å². The summed E-state index contributed by atoms with van der Waals surface area (Å²) >= 11 is 0. The van der Waals surface area contributed by atoms with Gasteiger partial charge in [-0.15, -0.1) is 0 Å². The Labute approximate surface area is 212 Å². The molecule has 2 aromatic rings. The van der Waals surface area contributed by atoms with Gasteiger partial charge in [-0.1, -0.05) is 38.5 Å². The highest BCUT2D eigenvalue weighted by molar-refractivity contribution is 6.18. The van der Waals surface area contributed by atoms with E-state index < -0.39 is 6.17 Å². The van der Waals surface area contributed by atoms with Gasteiger partial charge in [0.2, 0.25) is 5.91 Å². The summed E-state index contributed by atoms with van der Waals surface area (Å²) in [6.07, 6.45) is 3.19. The number of rotatable bonds is 11. The summed E-state index contributed by atoms with van der Waals surface area (Å²) in [5, 5.41) is 2.97. The molecule has 0 aromatic heterocycles. The van der Waals surface area contributed by atoms with Gasteiger partial charge in [-0.3, -0.25) is 19.3 Å². The number of nitrogens with zero attached hydrogens (tertiary/aromatic N) is 2. The zero-order chi connectivity index (χ0) is 25.8. The lowest BCUT2D eigenvalue weighted by Gasteiger charge is -2.41. The van der Waals surface area contributed by atoms with Crippen LogP contribution in [0.2, 0.25) is 0 Å². The largest absolute Gasteiger partial charge is 0.493 e. The molecule has 192 valence electrons. The van der Waals surface area contributed by atoms with Crippen LogP contribution in [0.15, 0.2) is 36.4 Å². The molecule has 8 nitrogen and oxygen atoms in total. The van der Waals surface area contributed by atoms with E-state index in [4.69, 9.17) is 9.47 Å². The van der Waals surface area contributed by atoms with E-state index in [1.54, 1.807) is 21.9 Å². The molecule has 0 saturated carbocycles. The highest BCUT2D eigenvalue weighted by Gasteiger charge is 2.49. The van der Waals surface area contributed by atoms with Crippen LogP contribution in [-0.4, -0.2) is 49.9 Å². The van der Waals surface area contributed by atoms with Crippen molar-refractivity contribution in [2.24, 2.45) is 5.92 Å². The molecule has 2 aliphatic heterocycles. The molecule has 3 amide bonds. The van der Waals surface area contributed by atoms with Gasteiger partial charge in [0.05, 0.1) is 31.0 Å². The number of benzene rings is 2. The number of ether oxygens (including phenoxy) is 2. The van der Waals surface area contributed by atoms with Gasteiger partial charge in [0.1, 0.15) is 6.17 Å². The van der Waals surface area contributed by atoms with Gasteiger partial charge in [-0.25, -0.2) is 0 Å². The highest BCUT2D eigenvalue weighted by atomic mass is 16.5. The molecule has 0 spiro atoms. The lowest BCUT2D eigenvalue weighted by Crippen LogP contribution is -2.48. The third kappa shape index (κ3) is 4.76. The van der Waals surface area contributed by atoms with Crippen molar-refractivity contribution in [3.63, 3.8) is 0 Å². The minimum absolute atomic E-state index is 0.0705. The van der Waals surface area contributed by atoms with Crippen molar-refractivity contribution in [1.82, 2.24) is 10.2 Å². The zero-order valence-electron chi connectivity index (χ0n) is 21.5. The molecule has 0 fully saturated rings. The maximum absolute atomic E-state index is 13.7. The lowest BCUT2D eigenvalue weighted by atomic mass is 10.0. The summed E-state index contributed by atoms with van der Waals surface area (Å²) in [6, 6.07) is 10.8. The number of hydrogen-bond acceptors (Lipinski definition) is 5. The fourth-order valence-electron chi connectivity index (χ4n) is 4.98. The summed E-state index contributed by atoms with van der Waals surface area (Å²) in [6.45, 7) is 5.45. The van der Waals surface area contributed by atoms with Crippen molar-refractivity contribution in [2.75, 3.05) is 32.2 Å². The number of anilines is 1. The van der Waals surface area contributed by atoms with E-state index >= 15 is 0 Å². The van der Waals surface area contributed by atoms with Crippen LogP contribution < -0.4 is 19.7 Å². The zero-order valence-corrected chi connectivity index (χ0v) is 21.5. The van der Waals surface area contributed by atoms with Gasteiger partial charge < -0.3 is 19.7 Å². The van der Waals surface area contributed by atoms with Crippen LogP contribution in [0.1, 0.15) is 78.4 Å². The average molecular weight is 494 g/mol. The second-order valence-corrected chi connectivity index (χ2v) is 9.67. The van der Waals surface area contributed by atoms with Gasteiger partial charge in [0, 0.05) is 25.1 Å². The molecule has 1 atom stereocenters. The third-order valence-electron chi connectivity index (χ3n) is 6.83. The number of carbonyl (C=O) groups excluding carboxylic acids is 3. The molecular weight excluding hydrogens is 458 g/mol. The van der Waals surface area contributed by atoms with Crippen molar-refractivity contribution < 1.29 is 23.9 Å². The van der Waals surface area contributed by atoms with Gasteiger partial charge in [0.25, 0.3) is 11.8 Å². The predicted molar refractivity (Wildman–Crippen MR) is 138 cm³/mol. The Morgan fingerprint density at radius 1 is 1.00 bits per heavy atom. The first-order valence-electron chi connectivity index (χ1n) is 12.6. The van der Waals surface area contributed by atoms with Gasteiger partial charge in [-0.05, 0) is 43.4 Å². The topological polar surface area (TPSA) is 88.2 Å². The highest BCUT2D eigenvalue weighted by Crippen LogP contribution is 2.49. The number of fused-ring (bicyclic) bond motifs is 5. The minimum Gasteiger partial charge on any atom is -0.493 e. The van der Waals surface area contributed by atoms with Crippen LogP contribution >= 0.6 is 0 Å². The number of carbonyl (C=O) groups is 3. The number of amides is 3. The Bertz CT molecular complexity index is 1150. The molecule has 0 bridgehead atoms. The molecule has 36 heavy (non-hydrogen) atoms. The second kappa shape index (κ2) is 11.0. The number of methoxy groups -OCH3 is 2. The number of unbranched alkanes of at least 4 members (excludes halogenated alkanes) is 2. The van der Waals surface area contributed by atoms with Crippen molar-refractivity contribution >= 4 is 23.4 Å². The first-order chi connectivity index (χ1) is 17.4. The van der Waals surface area contributed by atoms with E-state index in [9.17, 15) is 14.4 Å². The third-order valence-corrected chi connectivity index (χ3v) is 6.83. The van der Waals surface area contributed by atoms with E-state index in [1.807, 2.05) is 24.3 Å². The van der Waals surface area contributed by atoms with E-state index in [0.717, 1.165) is 31.2 Å². The van der Waals surface area contributed by atoms with Crippen molar-refractivity contribution in [1.29, 1.82) is 0 Å². The van der Waals surface area contributed by atoms with Crippen LogP contribution in [-0.2, 0) is 4.79 Å². The van der Waals surface area contributed by atoms with Crippen molar-refractivity contribution in [2.45, 2.75) is 52.1 Å². The Balaban J connectivity index is 1.51. The van der Waals surface area contributed by atoms with Crippen LogP contribution in [0.3, 0.4) is 0 Å². The minimum atomic E-state index is -0.547. The van der Waals surface area contributed by atoms with Crippen molar-refractivity contribution in [3.05, 3.63) is 53.1 Å². The average Bonchev–Trinajstić information content (AvgIpc) is 3.17. The summed E-state index contributed by atoms with van der Waals surface area (Å²) in [7, 11) is 3.05. The van der Waals surface area contributed by atoms with Crippen LogP contribution in [0, 0.1) is 5.92 Å². The Morgan fingerprint density at radius 2 is 1.78 bits per heavy atom. The van der Waals surface area contributed by atoms with E-state index in [0.29, 0.717) is 53.7 Å². The Kier molecular flexibility index (Phi) is 7.82. The standard InChI is InChI=1S/C28H35N3O5/c1-18(2)15-16-29-23(32)12-6-5-9-17-30-26-20-13-14-22(35-3)25(36-4)24(20)28(34)31(26)21-11-8-7-10-19(21)27(30)33/h7-8,10-11,13-14,18,26H,5-6,9,12,15-17H2,1-4H3,(H,29,32). The fraction of sp³-hybridized carbons (Fsp3) is 0.464. The maximum atomic E-state index is 13.7. The SMILES string of the molecule is COc1ccc2c(c1OC)C(=O)N1c3ccccc3C(=O)N(CCCCCC(=O)NCCC(C)C)C21. The molecule has 4 rings (SSSR count). The first kappa shape index (κ1) is 25.5. The fourth-order valence-corrected chi connectivity index (χ4v) is 4.98. The molecule has 0 saturated heterocycles. The molecule has 2 heterocycles. The molecule has 2 aliphatic rings. The normalized spacial score (nSPS) is 16.1. The van der Waals surface area contributed by atoms with Crippen LogP contribution in [0.5, 0.6) is 11.5 Å². The summed E-state index contributed by atoms with van der Waals surface area (Å²) in [5.74, 6) is 1.17. The maximum Gasteiger partial charge on any atom is 0.264 e. The lowest BCUT2D eigenvalue weighted by molar-refractivity contribution is -0.121. The smallest absolute Gasteiger partial charge is 0.264 e. The summed E-state index contributed by atoms with van der Waals surface area (Å²) in [4.78, 5) is 42.8. The molecule has 0 aliphatic carbocycles. The van der Waals surface area contributed by atoms with Gasteiger partial charge in [-0.2, -0.15) is 0 Å². The molecular formula is C28H35N3O5. The molecule has 1 N–H and O–H groups in total. The molecule has 2 aromatic carbocycles. The number of hydrogen-bond donors (Lipinski definition) is 1. The number of para-hydroxylation sites is 1. The molecule has 8 heteroatoms. The number of nitrogens with one attached hydrogen (secondary N) is 1. The Hall–Kier alpha value is -3.55. The van der Waals surface area contributed by atoms with Crippen LogP contribution in [0.4, 0.5) is 5.69 Å². The van der Waals surface area contributed by atoms with E-state index in [-0.39, 0.29) is 17.7 Å². The second-order valence-electron chi connectivity index (χ2n) is 9.67. The predicted octanol–water partition coefficient (Wildman–Crippen LogP) is 4.54. The molecule has 1 unspecified atom stereocenters. The summed E-state index contributed by atoms with van der Waals surface area (Å²) in [5.41, 5.74) is 2.26. The first-order valence-corrected chi connectivity index (χ1v) is 12.6. The monoisotopic (exact) mass is 493 g/mol. The summed E-state index contributed by atoms with van der Waals surface area (Å²) < 4.78 is 11.0. The quantitative estimate of drug-likeness (QED) is 0.464. The van der Waals surface area contributed by atoms with Crippen LogP contribution in [0.25, 0.3) is 0 Å². The van der Waals surface area contributed by atoms with Crippen molar-refractivity contribution in [3.8, 4) is 11.5 Å². The van der Waals surface area contributed by atoms with E-state index in [2.05, 4.69) is 19.2 Å². The van der Waals surface area contributed by atoms with Gasteiger partial charge >= 0.3 is 0 Å².